The summed E-state index contributed by atoms with van der Waals surface area (Å²) in [5.74, 6) is 0.448. The molecule has 1 aromatic heterocycles. The van der Waals surface area contributed by atoms with Crippen molar-refractivity contribution in [2.75, 3.05) is 18.4 Å². The van der Waals surface area contributed by atoms with Crippen molar-refractivity contribution in [2.24, 2.45) is 5.92 Å². The third-order valence-electron chi connectivity index (χ3n) is 4.63. The van der Waals surface area contributed by atoms with Gasteiger partial charge in [0, 0.05) is 17.7 Å². The predicted molar refractivity (Wildman–Crippen MR) is 107 cm³/mol. The zero-order valence-electron chi connectivity index (χ0n) is 14.9. The molecule has 0 spiro atoms. The predicted octanol–water partition coefficient (Wildman–Crippen LogP) is 4.32. The third-order valence-corrected chi connectivity index (χ3v) is 5.70. The molecule has 0 radical (unpaired) electrons. The van der Waals surface area contributed by atoms with Gasteiger partial charge in [0.2, 0.25) is 5.91 Å². The van der Waals surface area contributed by atoms with E-state index >= 15 is 0 Å². The van der Waals surface area contributed by atoms with Gasteiger partial charge in [-0.3, -0.25) is 4.79 Å². The number of nitrogens with zero attached hydrogens (tertiary/aromatic N) is 1. The molecule has 2 N–H and O–H groups in total. The van der Waals surface area contributed by atoms with Crippen LogP contribution in [0.2, 0.25) is 0 Å². The Morgan fingerprint density at radius 1 is 1.38 bits per heavy atom. The SMILES string of the molecule is Cc1nc(NC(=O)CCC2CCNCC2)sc1Cc1cccc(F)c1.Cl. The van der Waals surface area contributed by atoms with Crippen LogP contribution in [0.25, 0.3) is 0 Å². The van der Waals surface area contributed by atoms with Crippen LogP contribution in [0.4, 0.5) is 9.52 Å². The second-order valence-corrected chi connectivity index (χ2v) is 7.70. The van der Waals surface area contributed by atoms with Crippen molar-refractivity contribution in [2.45, 2.75) is 39.0 Å². The Bertz CT molecular complexity index is 731. The van der Waals surface area contributed by atoms with Crippen LogP contribution in [0.15, 0.2) is 24.3 Å². The normalized spacial score (nSPS) is 14.7. The molecule has 4 nitrogen and oxygen atoms in total. The minimum atomic E-state index is -0.230. The molecule has 142 valence electrons. The Morgan fingerprint density at radius 3 is 2.88 bits per heavy atom. The summed E-state index contributed by atoms with van der Waals surface area (Å²) >= 11 is 1.47. The first-order valence-corrected chi connectivity index (χ1v) is 9.63. The van der Waals surface area contributed by atoms with Crippen LogP contribution in [0.1, 0.15) is 41.8 Å². The fourth-order valence-electron chi connectivity index (χ4n) is 3.17. The van der Waals surface area contributed by atoms with Crippen LogP contribution in [-0.4, -0.2) is 24.0 Å². The summed E-state index contributed by atoms with van der Waals surface area (Å²) < 4.78 is 13.3. The number of aryl methyl sites for hydroxylation is 1. The minimum absolute atomic E-state index is 0. The lowest BCUT2D eigenvalue weighted by Crippen LogP contribution is -2.28. The topological polar surface area (TPSA) is 54.0 Å². The Balaban J connectivity index is 0.00000243. The highest BCUT2D eigenvalue weighted by molar-refractivity contribution is 7.15. The van der Waals surface area contributed by atoms with Crippen molar-refractivity contribution in [3.8, 4) is 0 Å². The average Bonchev–Trinajstić information content (AvgIpc) is 2.93. The molecule has 0 atom stereocenters. The smallest absolute Gasteiger partial charge is 0.226 e. The highest BCUT2D eigenvalue weighted by atomic mass is 35.5. The van der Waals surface area contributed by atoms with Gasteiger partial charge in [-0.25, -0.2) is 9.37 Å². The number of halogens is 2. The number of benzene rings is 1. The van der Waals surface area contributed by atoms with Crippen LogP contribution in [-0.2, 0) is 11.2 Å². The monoisotopic (exact) mass is 397 g/mol. The summed E-state index contributed by atoms with van der Waals surface area (Å²) in [6, 6.07) is 6.59. The highest BCUT2D eigenvalue weighted by Crippen LogP contribution is 2.26. The minimum Gasteiger partial charge on any atom is -0.317 e. The summed E-state index contributed by atoms with van der Waals surface area (Å²) in [7, 11) is 0. The molecular weight excluding hydrogens is 373 g/mol. The van der Waals surface area contributed by atoms with E-state index in [0.29, 0.717) is 23.9 Å². The molecule has 1 aromatic carbocycles. The Morgan fingerprint density at radius 2 is 2.15 bits per heavy atom. The number of carbonyl (C=O) groups excluding carboxylic acids is 1. The highest BCUT2D eigenvalue weighted by Gasteiger charge is 2.16. The molecule has 2 aromatic rings. The van der Waals surface area contributed by atoms with E-state index < -0.39 is 0 Å². The van der Waals surface area contributed by atoms with Crippen molar-refractivity contribution in [3.05, 3.63) is 46.2 Å². The fraction of sp³-hybridized carbons (Fsp3) is 0.474. The number of carbonyl (C=O) groups is 1. The van der Waals surface area contributed by atoms with Gasteiger partial charge in [-0.15, -0.1) is 23.7 Å². The van der Waals surface area contributed by atoms with Gasteiger partial charge in [-0.05, 0) is 62.9 Å². The number of nitrogens with one attached hydrogen (secondary N) is 2. The van der Waals surface area contributed by atoms with Crippen molar-refractivity contribution >= 4 is 34.8 Å². The molecule has 1 fully saturated rings. The number of anilines is 1. The molecule has 0 saturated carbocycles. The number of aromatic nitrogens is 1. The molecular formula is C19H25ClFN3OS. The van der Waals surface area contributed by atoms with Gasteiger partial charge in [0.25, 0.3) is 0 Å². The standard InChI is InChI=1S/C19H24FN3OS.ClH/c1-13-17(12-15-3-2-4-16(20)11-15)25-19(22-13)23-18(24)6-5-14-7-9-21-10-8-14;/h2-4,11,14,21H,5-10,12H2,1H3,(H,22,23,24);1H. The molecule has 1 saturated heterocycles. The molecule has 7 heteroatoms. The van der Waals surface area contributed by atoms with Crippen LogP contribution < -0.4 is 10.6 Å². The summed E-state index contributed by atoms with van der Waals surface area (Å²) in [6.45, 7) is 4.04. The Hall–Kier alpha value is -1.50. The molecule has 1 aliphatic rings. The Kier molecular flexibility index (Phi) is 8.00. The lowest BCUT2D eigenvalue weighted by atomic mass is 9.93. The lowest BCUT2D eigenvalue weighted by Gasteiger charge is -2.21. The zero-order valence-corrected chi connectivity index (χ0v) is 16.5. The molecule has 3 rings (SSSR count). The average molecular weight is 398 g/mol. The molecule has 0 bridgehead atoms. The maximum Gasteiger partial charge on any atom is 0.226 e. The quantitative estimate of drug-likeness (QED) is 0.763. The van der Waals surface area contributed by atoms with Crippen molar-refractivity contribution in [1.29, 1.82) is 0 Å². The molecule has 1 aliphatic heterocycles. The zero-order chi connectivity index (χ0) is 17.6. The maximum atomic E-state index is 13.3. The summed E-state index contributed by atoms with van der Waals surface area (Å²) in [5, 5.41) is 6.90. The second kappa shape index (κ2) is 10.00. The van der Waals surface area contributed by atoms with E-state index in [-0.39, 0.29) is 24.1 Å². The van der Waals surface area contributed by atoms with Crippen LogP contribution >= 0.6 is 23.7 Å². The number of thiazole rings is 1. The first kappa shape index (κ1) is 20.8. The van der Waals surface area contributed by atoms with E-state index in [2.05, 4.69) is 15.6 Å². The largest absolute Gasteiger partial charge is 0.317 e. The van der Waals surface area contributed by atoms with Gasteiger partial charge in [-0.2, -0.15) is 0 Å². The third kappa shape index (κ3) is 6.04. The summed E-state index contributed by atoms with van der Waals surface area (Å²) in [6.07, 6.45) is 4.42. The molecule has 26 heavy (non-hydrogen) atoms. The maximum absolute atomic E-state index is 13.3. The van der Waals surface area contributed by atoms with E-state index in [4.69, 9.17) is 0 Å². The molecule has 0 unspecified atom stereocenters. The fourth-order valence-corrected chi connectivity index (χ4v) is 4.18. The van der Waals surface area contributed by atoms with Gasteiger partial charge < -0.3 is 10.6 Å². The van der Waals surface area contributed by atoms with Gasteiger partial charge >= 0.3 is 0 Å². The molecule has 1 amide bonds. The van der Waals surface area contributed by atoms with Crippen LogP contribution in [0.3, 0.4) is 0 Å². The van der Waals surface area contributed by atoms with E-state index in [9.17, 15) is 9.18 Å². The summed E-state index contributed by atoms with van der Waals surface area (Å²) in [5.41, 5.74) is 1.80. The first-order valence-electron chi connectivity index (χ1n) is 8.81. The summed E-state index contributed by atoms with van der Waals surface area (Å²) in [4.78, 5) is 17.7. The number of hydrogen-bond acceptors (Lipinski definition) is 4. The van der Waals surface area contributed by atoms with Gasteiger partial charge in [0.15, 0.2) is 5.13 Å². The number of rotatable bonds is 6. The van der Waals surface area contributed by atoms with Gasteiger partial charge in [-0.1, -0.05) is 12.1 Å². The molecule has 2 heterocycles. The number of amides is 1. The van der Waals surface area contributed by atoms with Crippen LogP contribution in [0.5, 0.6) is 0 Å². The Labute approximate surface area is 164 Å². The van der Waals surface area contributed by atoms with E-state index in [1.54, 1.807) is 6.07 Å². The lowest BCUT2D eigenvalue weighted by molar-refractivity contribution is -0.116. The van der Waals surface area contributed by atoms with E-state index in [1.165, 1.54) is 23.5 Å². The number of hydrogen-bond donors (Lipinski definition) is 2. The second-order valence-electron chi connectivity index (χ2n) is 6.61. The van der Waals surface area contributed by atoms with Crippen molar-refractivity contribution in [3.63, 3.8) is 0 Å². The van der Waals surface area contributed by atoms with Crippen molar-refractivity contribution < 1.29 is 9.18 Å². The first-order chi connectivity index (χ1) is 12.1. The number of piperidine rings is 1. The molecule has 0 aliphatic carbocycles. The van der Waals surface area contributed by atoms with E-state index in [1.807, 2.05) is 13.0 Å². The van der Waals surface area contributed by atoms with Crippen LogP contribution in [0, 0.1) is 18.7 Å². The van der Waals surface area contributed by atoms with Crippen molar-refractivity contribution in [1.82, 2.24) is 10.3 Å². The van der Waals surface area contributed by atoms with Gasteiger partial charge in [0.05, 0.1) is 5.69 Å². The van der Waals surface area contributed by atoms with Gasteiger partial charge in [0.1, 0.15) is 5.82 Å². The van der Waals surface area contributed by atoms with E-state index in [0.717, 1.165) is 48.5 Å².